The molecule has 3 aliphatic rings. The van der Waals surface area contributed by atoms with Crippen molar-refractivity contribution in [2.45, 2.75) is 24.7 Å². The molecule has 0 aromatic heterocycles. The summed E-state index contributed by atoms with van der Waals surface area (Å²) in [5.41, 5.74) is 0. The number of hydrogen-bond acceptors (Lipinski definition) is 2. The Morgan fingerprint density at radius 2 is 2.10 bits per heavy atom. The largest absolute Gasteiger partial charge is 0.393 e. The molecule has 2 heterocycles. The van der Waals surface area contributed by atoms with Gasteiger partial charge in [0.1, 0.15) is 0 Å². The van der Waals surface area contributed by atoms with Gasteiger partial charge in [-0.15, -0.1) is 0 Å². The van der Waals surface area contributed by atoms with Crippen LogP contribution >= 0.6 is 0 Å². The van der Waals surface area contributed by atoms with E-state index in [1.54, 1.807) is 0 Å². The van der Waals surface area contributed by atoms with E-state index >= 15 is 0 Å². The predicted molar refractivity (Wildman–Crippen MR) is 35.4 cm³/mol. The van der Waals surface area contributed by atoms with Gasteiger partial charge in [-0.05, 0) is 12.3 Å². The second-order valence-corrected chi connectivity index (χ2v) is 3.49. The zero-order chi connectivity index (χ0) is 6.72. The fraction of sp³-hybridized carbons (Fsp3) is 0.750. The molecule has 3 rings (SSSR count). The Kier molecular flexibility index (Phi) is 0.778. The monoisotopic (exact) mass is 138 g/mol. The Bertz CT molecular complexity index is 199. The highest BCUT2D eigenvalue weighted by molar-refractivity contribution is 5.20. The number of rotatable bonds is 0. The summed E-state index contributed by atoms with van der Waals surface area (Å²) in [4.78, 5) is 0. The third kappa shape index (κ3) is 0.414. The molecule has 1 aliphatic carbocycles. The lowest BCUT2D eigenvalue weighted by atomic mass is 9.66. The molecule has 2 heteroatoms. The molecule has 1 saturated heterocycles. The minimum atomic E-state index is -0.0788. The van der Waals surface area contributed by atoms with Gasteiger partial charge in [-0.25, -0.2) is 0 Å². The quantitative estimate of drug-likeness (QED) is 0.488. The van der Waals surface area contributed by atoms with E-state index in [0.717, 1.165) is 6.42 Å². The molecule has 0 aromatic carbocycles. The van der Waals surface area contributed by atoms with Gasteiger partial charge in [-0.1, -0.05) is 12.2 Å². The minimum absolute atomic E-state index is 0.0788. The maximum Gasteiger partial charge on any atom is 0.0821 e. The van der Waals surface area contributed by atoms with Gasteiger partial charge < -0.3 is 9.84 Å². The van der Waals surface area contributed by atoms with Gasteiger partial charge in [0.05, 0.1) is 18.3 Å². The van der Waals surface area contributed by atoms with Crippen molar-refractivity contribution in [1.82, 2.24) is 0 Å². The van der Waals surface area contributed by atoms with E-state index in [-0.39, 0.29) is 12.2 Å². The summed E-state index contributed by atoms with van der Waals surface area (Å²) >= 11 is 0. The molecule has 0 radical (unpaired) electrons. The molecule has 0 amide bonds. The summed E-state index contributed by atoms with van der Waals surface area (Å²) in [5.74, 6) is 1.08. The van der Waals surface area contributed by atoms with E-state index in [1.807, 2.05) is 0 Å². The van der Waals surface area contributed by atoms with Crippen molar-refractivity contribution in [3.05, 3.63) is 12.2 Å². The van der Waals surface area contributed by atoms with Gasteiger partial charge in [0.2, 0.25) is 0 Å². The number of hydrogen-bond donors (Lipinski definition) is 1. The van der Waals surface area contributed by atoms with Crippen molar-refractivity contribution in [2.24, 2.45) is 11.8 Å². The second-order valence-electron chi connectivity index (χ2n) is 3.49. The fourth-order valence-corrected chi connectivity index (χ4v) is 2.45. The van der Waals surface area contributed by atoms with Crippen LogP contribution in [0.2, 0.25) is 0 Å². The van der Waals surface area contributed by atoms with E-state index in [1.165, 1.54) is 0 Å². The molecule has 1 unspecified atom stereocenters. The lowest BCUT2D eigenvalue weighted by Gasteiger charge is -2.39. The molecule has 1 saturated carbocycles. The normalized spacial score (nSPS) is 62.3. The lowest BCUT2D eigenvalue weighted by Crippen LogP contribution is -2.46. The van der Waals surface area contributed by atoms with Crippen molar-refractivity contribution in [3.8, 4) is 0 Å². The highest BCUT2D eigenvalue weighted by atomic mass is 16.5. The molecule has 2 aliphatic heterocycles. The predicted octanol–water partition coefficient (Wildman–Crippen LogP) is 0.321. The smallest absolute Gasteiger partial charge is 0.0821 e. The van der Waals surface area contributed by atoms with Crippen molar-refractivity contribution < 1.29 is 9.84 Å². The Morgan fingerprint density at radius 1 is 1.30 bits per heavy atom. The van der Waals surface area contributed by atoms with Crippen LogP contribution in [0, 0.1) is 11.8 Å². The van der Waals surface area contributed by atoms with Gasteiger partial charge in [0.25, 0.3) is 0 Å². The first-order valence-corrected chi connectivity index (χ1v) is 3.88. The Labute approximate surface area is 59.5 Å². The van der Waals surface area contributed by atoms with Gasteiger partial charge >= 0.3 is 0 Å². The van der Waals surface area contributed by atoms with Gasteiger partial charge in [-0.2, -0.15) is 0 Å². The maximum atomic E-state index is 9.33. The first-order chi connectivity index (χ1) is 4.86. The average molecular weight is 138 g/mol. The summed E-state index contributed by atoms with van der Waals surface area (Å²) in [6, 6.07) is 0. The SMILES string of the molecule is OC1C[C@@H]2[C@H]1[C@H]1C=C[C@@H]2O1. The summed E-state index contributed by atoms with van der Waals surface area (Å²) in [6.07, 6.45) is 5.70. The van der Waals surface area contributed by atoms with Crippen molar-refractivity contribution in [1.29, 1.82) is 0 Å². The second kappa shape index (κ2) is 1.46. The topological polar surface area (TPSA) is 29.5 Å². The molecule has 2 fully saturated rings. The first-order valence-electron chi connectivity index (χ1n) is 3.88. The van der Waals surface area contributed by atoms with Gasteiger partial charge in [0.15, 0.2) is 0 Å². The van der Waals surface area contributed by atoms with Crippen LogP contribution in [-0.4, -0.2) is 23.4 Å². The zero-order valence-electron chi connectivity index (χ0n) is 5.60. The summed E-state index contributed by atoms with van der Waals surface area (Å²) in [6.45, 7) is 0. The van der Waals surface area contributed by atoms with E-state index in [0.29, 0.717) is 17.9 Å². The van der Waals surface area contributed by atoms with Crippen molar-refractivity contribution in [3.63, 3.8) is 0 Å². The van der Waals surface area contributed by atoms with Crippen LogP contribution in [0.3, 0.4) is 0 Å². The standard InChI is InChI=1S/C8H10O2/c9-5-3-4-6-1-2-7(10-6)8(4)5/h1-2,4-9H,3H2/t4-,5?,6-,7+,8+/m0/s1. The van der Waals surface area contributed by atoms with E-state index in [9.17, 15) is 5.11 Å². The molecule has 5 atom stereocenters. The minimum Gasteiger partial charge on any atom is -0.393 e. The zero-order valence-corrected chi connectivity index (χ0v) is 5.60. The number of ether oxygens (including phenoxy) is 1. The van der Waals surface area contributed by atoms with E-state index in [4.69, 9.17) is 4.74 Å². The third-order valence-electron chi connectivity index (χ3n) is 3.06. The summed E-state index contributed by atoms with van der Waals surface area (Å²) in [7, 11) is 0. The van der Waals surface area contributed by atoms with E-state index < -0.39 is 0 Å². The molecule has 2 nitrogen and oxygen atoms in total. The highest BCUT2D eigenvalue weighted by Crippen LogP contribution is 2.51. The molecule has 0 aromatic rings. The van der Waals surface area contributed by atoms with Crippen LogP contribution in [0.1, 0.15) is 6.42 Å². The van der Waals surface area contributed by atoms with Gasteiger partial charge in [-0.3, -0.25) is 0 Å². The molecular formula is C8H10O2. The van der Waals surface area contributed by atoms with Crippen LogP contribution in [0.15, 0.2) is 12.2 Å². The Hall–Kier alpha value is -0.340. The van der Waals surface area contributed by atoms with Crippen LogP contribution in [-0.2, 0) is 4.74 Å². The van der Waals surface area contributed by atoms with Crippen molar-refractivity contribution in [2.75, 3.05) is 0 Å². The van der Waals surface area contributed by atoms with Crippen LogP contribution in [0.4, 0.5) is 0 Å². The summed E-state index contributed by atoms with van der Waals surface area (Å²) in [5, 5.41) is 9.33. The van der Waals surface area contributed by atoms with E-state index in [2.05, 4.69) is 12.2 Å². The Balaban J connectivity index is 1.96. The number of aliphatic hydroxyl groups is 1. The molecule has 0 spiro atoms. The van der Waals surface area contributed by atoms with Crippen LogP contribution in [0.5, 0.6) is 0 Å². The van der Waals surface area contributed by atoms with Crippen LogP contribution < -0.4 is 0 Å². The molecule has 54 valence electrons. The lowest BCUT2D eigenvalue weighted by molar-refractivity contribution is -0.0221. The number of fused-ring (bicyclic) bond motifs is 5. The molecular weight excluding hydrogens is 128 g/mol. The number of aliphatic hydroxyl groups excluding tert-OH is 1. The Morgan fingerprint density at radius 3 is 2.70 bits per heavy atom. The van der Waals surface area contributed by atoms with Crippen molar-refractivity contribution >= 4 is 0 Å². The fourth-order valence-electron chi connectivity index (χ4n) is 2.45. The third-order valence-corrected chi connectivity index (χ3v) is 3.06. The molecule has 2 bridgehead atoms. The molecule has 10 heavy (non-hydrogen) atoms. The molecule has 1 N–H and O–H groups in total. The average Bonchev–Trinajstić information content (AvgIpc) is 2.40. The van der Waals surface area contributed by atoms with Crippen LogP contribution in [0.25, 0.3) is 0 Å². The maximum absolute atomic E-state index is 9.33. The highest BCUT2D eigenvalue weighted by Gasteiger charge is 2.55. The van der Waals surface area contributed by atoms with Gasteiger partial charge in [0, 0.05) is 5.92 Å². The first kappa shape index (κ1) is 5.33. The summed E-state index contributed by atoms with van der Waals surface area (Å²) < 4.78 is 5.56.